The van der Waals surface area contributed by atoms with E-state index in [0.29, 0.717) is 31.3 Å². The molecule has 1 aliphatic rings. The predicted molar refractivity (Wildman–Crippen MR) is 65.6 cm³/mol. The molecular weight excluding hydrogens is 200 g/mol. The number of amides is 1. The molecule has 0 bridgehead atoms. The molecule has 0 aromatic carbocycles. The molecule has 0 aromatic rings. The van der Waals surface area contributed by atoms with Crippen LogP contribution in [-0.4, -0.2) is 29.9 Å². The summed E-state index contributed by atoms with van der Waals surface area (Å²) in [6, 6.07) is 0.347. The third kappa shape index (κ3) is 2.99. The minimum absolute atomic E-state index is 0.186. The molecule has 3 heteroatoms. The van der Waals surface area contributed by atoms with E-state index in [4.69, 9.17) is 12.2 Å². The normalized spacial score (nSPS) is 24.1. The van der Waals surface area contributed by atoms with Crippen LogP contribution in [0.25, 0.3) is 0 Å². The van der Waals surface area contributed by atoms with Gasteiger partial charge in [0.2, 0.25) is 5.91 Å². The lowest BCUT2D eigenvalue weighted by Crippen LogP contribution is -2.44. The third-order valence-electron chi connectivity index (χ3n) is 3.47. The van der Waals surface area contributed by atoms with Gasteiger partial charge in [-0.1, -0.05) is 6.42 Å². The fourth-order valence-corrected chi connectivity index (χ4v) is 2.62. The Morgan fingerprint density at radius 3 is 2.88 bits per heavy atom. The SMILES string of the molecule is C#CCCC(=O)N(CC)C1CCCC1CN. The van der Waals surface area contributed by atoms with Gasteiger partial charge in [-0.15, -0.1) is 12.3 Å². The summed E-state index contributed by atoms with van der Waals surface area (Å²) < 4.78 is 0. The van der Waals surface area contributed by atoms with Gasteiger partial charge in [0.15, 0.2) is 0 Å². The van der Waals surface area contributed by atoms with Crippen LogP contribution in [0.5, 0.6) is 0 Å². The maximum atomic E-state index is 12.0. The van der Waals surface area contributed by atoms with Crippen molar-refractivity contribution >= 4 is 5.91 Å². The smallest absolute Gasteiger partial charge is 0.223 e. The van der Waals surface area contributed by atoms with Gasteiger partial charge in [0.05, 0.1) is 0 Å². The highest BCUT2D eigenvalue weighted by molar-refractivity contribution is 5.76. The Morgan fingerprint density at radius 2 is 2.31 bits per heavy atom. The van der Waals surface area contributed by atoms with Crippen LogP contribution in [0.2, 0.25) is 0 Å². The van der Waals surface area contributed by atoms with E-state index < -0.39 is 0 Å². The first kappa shape index (κ1) is 13.1. The molecule has 90 valence electrons. The predicted octanol–water partition coefficient (Wildman–Crippen LogP) is 1.38. The topological polar surface area (TPSA) is 46.3 Å². The van der Waals surface area contributed by atoms with E-state index in [9.17, 15) is 4.79 Å². The highest BCUT2D eigenvalue weighted by Crippen LogP contribution is 2.29. The van der Waals surface area contributed by atoms with Crippen LogP contribution in [-0.2, 0) is 4.79 Å². The monoisotopic (exact) mass is 222 g/mol. The number of hydrogen-bond acceptors (Lipinski definition) is 2. The van der Waals surface area contributed by atoms with Crippen LogP contribution in [0, 0.1) is 18.3 Å². The minimum atomic E-state index is 0.186. The van der Waals surface area contributed by atoms with E-state index in [0.717, 1.165) is 19.4 Å². The number of carbonyl (C=O) groups is 1. The summed E-state index contributed by atoms with van der Waals surface area (Å²) in [5, 5.41) is 0. The van der Waals surface area contributed by atoms with Crippen LogP contribution in [0.3, 0.4) is 0 Å². The molecule has 16 heavy (non-hydrogen) atoms. The number of nitrogens with zero attached hydrogens (tertiary/aromatic N) is 1. The maximum absolute atomic E-state index is 12.0. The minimum Gasteiger partial charge on any atom is -0.340 e. The molecule has 1 fully saturated rings. The average Bonchev–Trinajstić information content (AvgIpc) is 2.75. The first-order chi connectivity index (χ1) is 7.74. The van der Waals surface area contributed by atoms with Crippen LogP contribution in [0.15, 0.2) is 0 Å². The largest absolute Gasteiger partial charge is 0.340 e. The molecule has 1 aliphatic carbocycles. The van der Waals surface area contributed by atoms with Crippen LogP contribution in [0.1, 0.15) is 39.0 Å². The number of rotatable bonds is 5. The van der Waals surface area contributed by atoms with Crippen molar-refractivity contribution in [2.45, 2.75) is 45.1 Å². The average molecular weight is 222 g/mol. The summed E-state index contributed by atoms with van der Waals surface area (Å²) in [6.45, 7) is 3.48. The zero-order valence-corrected chi connectivity index (χ0v) is 10.1. The Hall–Kier alpha value is -1.01. The van der Waals surface area contributed by atoms with E-state index >= 15 is 0 Å². The lowest BCUT2D eigenvalue weighted by molar-refractivity contribution is -0.133. The maximum Gasteiger partial charge on any atom is 0.223 e. The van der Waals surface area contributed by atoms with Gasteiger partial charge in [-0.25, -0.2) is 0 Å². The molecular formula is C13H22N2O. The summed E-state index contributed by atoms with van der Waals surface area (Å²) in [4.78, 5) is 13.9. The number of terminal acetylenes is 1. The Bertz CT molecular complexity index is 270. The van der Waals surface area contributed by atoms with Crippen molar-refractivity contribution in [1.29, 1.82) is 0 Å². The zero-order chi connectivity index (χ0) is 12.0. The molecule has 0 aliphatic heterocycles. The Balaban J connectivity index is 2.59. The van der Waals surface area contributed by atoms with Gasteiger partial charge in [0, 0.05) is 25.4 Å². The molecule has 2 unspecified atom stereocenters. The number of nitrogens with two attached hydrogens (primary N) is 1. The van der Waals surface area contributed by atoms with Crippen molar-refractivity contribution in [3.05, 3.63) is 0 Å². The van der Waals surface area contributed by atoms with Crippen molar-refractivity contribution in [2.24, 2.45) is 11.7 Å². The van der Waals surface area contributed by atoms with E-state index in [2.05, 4.69) is 5.92 Å². The van der Waals surface area contributed by atoms with Crippen molar-refractivity contribution in [1.82, 2.24) is 4.90 Å². The lowest BCUT2D eigenvalue weighted by atomic mass is 10.0. The van der Waals surface area contributed by atoms with Gasteiger partial charge in [-0.2, -0.15) is 0 Å². The van der Waals surface area contributed by atoms with Gasteiger partial charge in [-0.05, 0) is 32.2 Å². The van der Waals surface area contributed by atoms with Crippen LogP contribution in [0.4, 0.5) is 0 Å². The summed E-state index contributed by atoms with van der Waals surface area (Å²) >= 11 is 0. The van der Waals surface area contributed by atoms with Gasteiger partial charge in [0.25, 0.3) is 0 Å². The highest BCUT2D eigenvalue weighted by Gasteiger charge is 2.32. The lowest BCUT2D eigenvalue weighted by Gasteiger charge is -2.31. The van der Waals surface area contributed by atoms with Gasteiger partial charge in [0.1, 0.15) is 0 Å². The first-order valence-corrected chi connectivity index (χ1v) is 6.17. The highest BCUT2D eigenvalue weighted by atomic mass is 16.2. The molecule has 0 radical (unpaired) electrons. The molecule has 1 saturated carbocycles. The van der Waals surface area contributed by atoms with Crippen molar-refractivity contribution in [2.75, 3.05) is 13.1 Å². The van der Waals surface area contributed by atoms with Gasteiger partial charge < -0.3 is 10.6 Å². The fourth-order valence-electron chi connectivity index (χ4n) is 2.62. The second-order valence-corrected chi connectivity index (χ2v) is 4.38. The van der Waals surface area contributed by atoms with Crippen molar-refractivity contribution < 1.29 is 4.79 Å². The standard InChI is InChI=1S/C13H22N2O/c1-3-5-9-13(16)15(4-2)12-8-6-7-11(12)10-14/h1,11-12H,4-10,14H2,2H3. The van der Waals surface area contributed by atoms with Gasteiger partial charge >= 0.3 is 0 Å². The molecule has 2 atom stereocenters. The third-order valence-corrected chi connectivity index (χ3v) is 3.47. The number of carbonyl (C=O) groups excluding carboxylic acids is 1. The van der Waals surface area contributed by atoms with Crippen LogP contribution >= 0.6 is 0 Å². The Labute approximate surface area is 98.4 Å². The summed E-state index contributed by atoms with van der Waals surface area (Å²) in [5.41, 5.74) is 5.75. The molecule has 0 spiro atoms. The van der Waals surface area contributed by atoms with Crippen LogP contribution < -0.4 is 5.73 Å². The Kier molecular flexibility index (Phi) is 5.34. The molecule has 3 nitrogen and oxygen atoms in total. The van der Waals surface area contributed by atoms with E-state index in [-0.39, 0.29) is 5.91 Å². The second kappa shape index (κ2) is 6.55. The number of hydrogen-bond donors (Lipinski definition) is 1. The van der Waals surface area contributed by atoms with E-state index in [1.54, 1.807) is 0 Å². The molecule has 0 heterocycles. The van der Waals surface area contributed by atoms with Crippen molar-refractivity contribution in [3.63, 3.8) is 0 Å². The second-order valence-electron chi connectivity index (χ2n) is 4.38. The Morgan fingerprint density at radius 1 is 1.56 bits per heavy atom. The first-order valence-electron chi connectivity index (χ1n) is 6.17. The zero-order valence-electron chi connectivity index (χ0n) is 10.1. The van der Waals surface area contributed by atoms with Crippen molar-refractivity contribution in [3.8, 4) is 12.3 Å². The summed E-state index contributed by atoms with van der Waals surface area (Å²) in [6.07, 6.45) is 9.63. The fraction of sp³-hybridized carbons (Fsp3) is 0.769. The molecule has 0 saturated heterocycles. The summed E-state index contributed by atoms with van der Waals surface area (Å²) in [7, 11) is 0. The molecule has 2 N–H and O–H groups in total. The van der Waals surface area contributed by atoms with E-state index in [1.807, 2.05) is 11.8 Å². The quantitative estimate of drug-likeness (QED) is 0.714. The molecule has 0 aromatic heterocycles. The molecule has 1 rings (SSSR count). The van der Waals surface area contributed by atoms with E-state index in [1.165, 1.54) is 6.42 Å². The van der Waals surface area contributed by atoms with Gasteiger partial charge in [-0.3, -0.25) is 4.79 Å². The molecule has 1 amide bonds. The summed E-state index contributed by atoms with van der Waals surface area (Å²) in [5.74, 6) is 3.19.